The van der Waals surface area contributed by atoms with Crippen LogP contribution in [-0.2, 0) is 4.79 Å². The fourth-order valence-electron chi connectivity index (χ4n) is 3.28. The number of carbonyl (C=O) groups is 1. The molecule has 1 aliphatic rings. The number of aliphatic imine (C=N–C) groups is 1. The standard InChI is InChI=1S/C25H28Cl2N2O3S/c1-3-4-5-6-7-8-13-32-23-20(27)14-17(15-21(23)31-2)16-22-24(30)29-25(33-22)28-19-11-9-18(26)10-12-19/h9-12,14-16H,3-8,13H2,1-2H3,(H,28,29,30)/b22-16+. The van der Waals surface area contributed by atoms with E-state index in [9.17, 15) is 4.79 Å². The summed E-state index contributed by atoms with van der Waals surface area (Å²) in [7, 11) is 1.58. The zero-order valence-electron chi connectivity index (χ0n) is 18.8. The molecule has 176 valence electrons. The van der Waals surface area contributed by atoms with Gasteiger partial charge in [0.15, 0.2) is 16.7 Å². The maximum Gasteiger partial charge on any atom is 0.264 e. The number of rotatable bonds is 11. The lowest BCUT2D eigenvalue weighted by molar-refractivity contribution is -0.115. The van der Waals surface area contributed by atoms with Gasteiger partial charge in [-0.2, -0.15) is 0 Å². The van der Waals surface area contributed by atoms with Crippen molar-refractivity contribution >= 4 is 57.8 Å². The molecule has 0 saturated carbocycles. The summed E-state index contributed by atoms with van der Waals surface area (Å²) in [5.74, 6) is 0.855. The number of carbonyl (C=O) groups excluding carboxylic acids is 1. The summed E-state index contributed by atoms with van der Waals surface area (Å²) in [4.78, 5) is 17.4. The summed E-state index contributed by atoms with van der Waals surface area (Å²) in [6.45, 7) is 2.80. The molecule has 0 atom stereocenters. The smallest absolute Gasteiger partial charge is 0.264 e. The summed E-state index contributed by atoms with van der Waals surface area (Å²) < 4.78 is 11.4. The molecule has 3 rings (SSSR count). The van der Waals surface area contributed by atoms with Crippen LogP contribution in [0.15, 0.2) is 46.3 Å². The van der Waals surface area contributed by atoms with Crippen LogP contribution in [0.4, 0.5) is 5.69 Å². The van der Waals surface area contributed by atoms with Gasteiger partial charge in [-0.25, -0.2) is 4.99 Å². The number of hydrogen-bond acceptors (Lipinski definition) is 5. The first-order valence-corrected chi connectivity index (χ1v) is 12.6. The largest absolute Gasteiger partial charge is 0.493 e. The number of amidine groups is 1. The number of unbranched alkanes of at least 4 members (excludes halogenated alkanes) is 5. The van der Waals surface area contributed by atoms with Gasteiger partial charge < -0.3 is 14.8 Å². The molecule has 1 aliphatic heterocycles. The molecule has 1 fully saturated rings. The summed E-state index contributed by atoms with van der Waals surface area (Å²) in [5, 5.41) is 4.37. The van der Waals surface area contributed by atoms with Crippen molar-refractivity contribution < 1.29 is 14.3 Å². The molecule has 0 spiro atoms. The first-order chi connectivity index (χ1) is 16.0. The summed E-state index contributed by atoms with van der Waals surface area (Å²) in [5.41, 5.74) is 1.45. The Bertz CT molecular complexity index is 1020. The second kappa shape index (κ2) is 12.9. The third-order valence-corrected chi connectivity index (χ3v) is 6.44. The first-order valence-electron chi connectivity index (χ1n) is 11.1. The van der Waals surface area contributed by atoms with Crippen LogP contribution in [0.25, 0.3) is 6.08 Å². The Kier molecular flexibility index (Phi) is 9.97. The van der Waals surface area contributed by atoms with Gasteiger partial charge in [-0.3, -0.25) is 4.79 Å². The summed E-state index contributed by atoms with van der Waals surface area (Å²) in [6, 6.07) is 10.7. The molecule has 2 aromatic rings. The molecule has 1 amide bonds. The van der Waals surface area contributed by atoms with Crippen molar-refractivity contribution in [3.05, 3.63) is 56.9 Å². The molecule has 1 saturated heterocycles. The molecule has 2 aromatic carbocycles. The van der Waals surface area contributed by atoms with Crippen LogP contribution in [0.3, 0.4) is 0 Å². The van der Waals surface area contributed by atoms with Gasteiger partial charge >= 0.3 is 0 Å². The number of ether oxygens (including phenoxy) is 2. The van der Waals surface area contributed by atoms with Crippen molar-refractivity contribution in [1.82, 2.24) is 5.32 Å². The molecule has 0 aromatic heterocycles. The Hall–Kier alpha value is -2.15. The van der Waals surface area contributed by atoms with Gasteiger partial charge in [0, 0.05) is 5.02 Å². The third-order valence-electron chi connectivity index (χ3n) is 5.00. The van der Waals surface area contributed by atoms with Crippen LogP contribution in [-0.4, -0.2) is 24.8 Å². The lowest BCUT2D eigenvalue weighted by Gasteiger charge is -2.13. The van der Waals surface area contributed by atoms with E-state index in [4.69, 9.17) is 32.7 Å². The van der Waals surface area contributed by atoms with Gasteiger partial charge in [0.2, 0.25) is 0 Å². The zero-order valence-corrected chi connectivity index (χ0v) is 21.2. The Morgan fingerprint density at radius 3 is 2.52 bits per heavy atom. The molecule has 1 heterocycles. The second-order valence-corrected chi connectivity index (χ2v) is 9.48. The molecule has 33 heavy (non-hydrogen) atoms. The molecule has 8 heteroatoms. The Balaban J connectivity index is 1.66. The Labute approximate surface area is 209 Å². The minimum atomic E-state index is -0.216. The number of benzene rings is 2. The van der Waals surface area contributed by atoms with E-state index in [1.54, 1.807) is 43.5 Å². The number of nitrogens with one attached hydrogen (secondary N) is 1. The Morgan fingerprint density at radius 1 is 1.06 bits per heavy atom. The van der Waals surface area contributed by atoms with E-state index in [2.05, 4.69) is 17.2 Å². The van der Waals surface area contributed by atoms with Crippen molar-refractivity contribution in [1.29, 1.82) is 0 Å². The number of nitrogens with zero attached hydrogens (tertiary/aromatic N) is 1. The average Bonchev–Trinajstić information content (AvgIpc) is 3.14. The van der Waals surface area contributed by atoms with Gasteiger partial charge in [-0.1, -0.05) is 62.2 Å². The third kappa shape index (κ3) is 7.70. The van der Waals surface area contributed by atoms with Crippen molar-refractivity contribution in [3.8, 4) is 11.5 Å². The van der Waals surface area contributed by atoms with Crippen LogP contribution >= 0.6 is 35.0 Å². The van der Waals surface area contributed by atoms with Crippen molar-refractivity contribution in [2.45, 2.75) is 45.4 Å². The molecule has 0 radical (unpaired) electrons. The van der Waals surface area contributed by atoms with Crippen LogP contribution in [0.2, 0.25) is 10.0 Å². The zero-order chi connectivity index (χ0) is 23.6. The normalized spacial score (nSPS) is 15.8. The number of methoxy groups -OCH3 is 1. The fourth-order valence-corrected chi connectivity index (χ4v) is 4.53. The maximum atomic E-state index is 12.4. The molecule has 5 nitrogen and oxygen atoms in total. The van der Waals surface area contributed by atoms with E-state index < -0.39 is 0 Å². The topological polar surface area (TPSA) is 59.9 Å². The van der Waals surface area contributed by atoms with Crippen LogP contribution in [0, 0.1) is 0 Å². The molecule has 1 N–H and O–H groups in total. The number of thioether (sulfide) groups is 1. The van der Waals surface area contributed by atoms with E-state index in [1.807, 2.05) is 6.07 Å². The molecule has 0 bridgehead atoms. The first kappa shape index (κ1) is 25.5. The molecule has 0 unspecified atom stereocenters. The number of halogens is 2. The number of hydrogen-bond donors (Lipinski definition) is 1. The maximum absolute atomic E-state index is 12.4. The van der Waals surface area contributed by atoms with Gasteiger partial charge in [0.25, 0.3) is 5.91 Å². The predicted octanol–water partition coefficient (Wildman–Crippen LogP) is 7.63. The van der Waals surface area contributed by atoms with Crippen molar-refractivity contribution in [3.63, 3.8) is 0 Å². The predicted molar refractivity (Wildman–Crippen MR) is 139 cm³/mol. The fraction of sp³-hybridized carbons (Fsp3) is 0.360. The van der Waals surface area contributed by atoms with E-state index in [0.29, 0.717) is 43.9 Å². The van der Waals surface area contributed by atoms with E-state index in [-0.39, 0.29) is 5.91 Å². The van der Waals surface area contributed by atoms with E-state index in [1.165, 1.54) is 37.4 Å². The summed E-state index contributed by atoms with van der Waals surface area (Å²) in [6.07, 6.45) is 8.87. The van der Waals surface area contributed by atoms with Gasteiger partial charge in [-0.15, -0.1) is 0 Å². The SMILES string of the molecule is CCCCCCCCOc1c(Cl)cc(/C=C2/SC(=Nc3ccc(Cl)cc3)NC2=O)cc1OC. The van der Waals surface area contributed by atoms with Crippen molar-refractivity contribution in [2.75, 3.05) is 13.7 Å². The van der Waals surface area contributed by atoms with Gasteiger partial charge in [0.05, 0.1) is 29.3 Å². The quantitative estimate of drug-likeness (QED) is 0.251. The van der Waals surface area contributed by atoms with E-state index >= 15 is 0 Å². The van der Waals surface area contributed by atoms with E-state index in [0.717, 1.165) is 18.4 Å². The molecular weight excluding hydrogens is 479 g/mol. The molecular formula is C25H28Cl2N2O3S. The van der Waals surface area contributed by atoms with Crippen LogP contribution < -0.4 is 14.8 Å². The minimum Gasteiger partial charge on any atom is -0.493 e. The van der Waals surface area contributed by atoms with Gasteiger partial charge in [0.1, 0.15) is 0 Å². The highest BCUT2D eigenvalue weighted by Gasteiger charge is 2.24. The molecule has 0 aliphatic carbocycles. The number of amides is 1. The minimum absolute atomic E-state index is 0.216. The Morgan fingerprint density at radius 2 is 1.79 bits per heavy atom. The van der Waals surface area contributed by atoms with Crippen molar-refractivity contribution in [2.24, 2.45) is 4.99 Å². The second-order valence-electron chi connectivity index (χ2n) is 7.61. The monoisotopic (exact) mass is 506 g/mol. The lowest BCUT2D eigenvalue weighted by Crippen LogP contribution is -2.19. The van der Waals surface area contributed by atoms with Crippen LogP contribution in [0.5, 0.6) is 11.5 Å². The highest BCUT2D eigenvalue weighted by molar-refractivity contribution is 8.18. The van der Waals surface area contributed by atoms with Gasteiger partial charge in [-0.05, 0) is 66.2 Å². The summed E-state index contributed by atoms with van der Waals surface area (Å²) >= 11 is 13.7. The van der Waals surface area contributed by atoms with Crippen LogP contribution in [0.1, 0.15) is 51.0 Å². The lowest BCUT2D eigenvalue weighted by atomic mass is 10.1. The highest BCUT2D eigenvalue weighted by atomic mass is 35.5. The highest BCUT2D eigenvalue weighted by Crippen LogP contribution is 2.38. The average molecular weight is 507 g/mol.